The molecule has 1 atom stereocenters. The van der Waals surface area contributed by atoms with Gasteiger partial charge >= 0.3 is 0 Å². The Hall–Kier alpha value is 0.0500. The van der Waals surface area contributed by atoms with Gasteiger partial charge < -0.3 is 4.55 Å². The predicted molar refractivity (Wildman–Crippen MR) is 27.6 cm³/mol. The van der Waals surface area contributed by atoms with E-state index in [1.165, 1.54) is 0 Å². The molecule has 0 bridgehead atoms. The fourth-order valence-corrected chi connectivity index (χ4v) is 0. The predicted octanol–water partition coefficient (Wildman–Crippen LogP) is 0.994. The molecule has 0 saturated carbocycles. The zero-order chi connectivity index (χ0) is 4.28. The summed E-state index contributed by atoms with van der Waals surface area (Å²) in [6.07, 6.45) is 0. The van der Waals surface area contributed by atoms with Gasteiger partial charge in [-0.3, -0.25) is 0 Å². The van der Waals surface area contributed by atoms with Crippen molar-refractivity contribution in [3.63, 3.8) is 0 Å². The van der Waals surface area contributed by atoms with E-state index in [-0.39, 0.29) is 0 Å². The van der Waals surface area contributed by atoms with Crippen LogP contribution in [0.25, 0.3) is 0 Å². The molecule has 0 saturated heterocycles. The van der Waals surface area contributed by atoms with Crippen LogP contribution >= 0.6 is 10.8 Å². The summed E-state index contributed by atoms with van der Waals surface area (Å²) in [6.45, 7) is 3.39. The van der Waals surface area contributed by atoms with E-state index in [0.717, 1.165) is 0 Å². The molecule has 0 heterocycles. The van der Waals surface area contributed by atoms with E-state index in [1.54, 1.807) is 0 Å². The maximum atomic E-state index is 8.22. The van der Waals surface area contributed by atoms with Gasteiger partial charge in [-0.05, 0) is 16.6 Å². The maximum absolute atomic E-state index is 8.22. The molecule has 1 N–H and O–H groups in total. The zero-order valence-corrected chi connectivity index (χ0v) is 3.79. The van der Waals surface area contributed by atoms with Crippen molar-refractivity contribution in [2.24, 2.45) is 0 Å². The fourth-order valence-electron chi connectivity index (χ4n) is 0. The first-order valence-electron chi connectivity index (χ1n) is 1.26. The highest BCUT2D eigenvalue weighted by Crippen LogP contribution is 1.94. The van der Waals surface area contributed by atoms with Crippen molar-refractivity contribution in [2.45, 2.75) is 0 Å². The van der Waals surface area contributed by atoms with Gasteiger partial charge in [0.25, 0.3) is 0 Å². The average Bonchev–Trinajstić information content (AvgIpc) is 1.38. The second-order valence-electron chi connectivity index (χ2n) is 0.666. The molecule has 5 heavy (non-hydrogen) atoms. The Bertz CT molecular complexity index is 42.2. The van der Waals surface area contributed by atoms with Gasteiger partial charge in [0.15, 0.2) is 0 Å². The van der Waals surface area contributed by atoms with Gasteiger partial charge in [-0.25, -0.2) is 0 Å². The average molecular weight is 91.2 g/mol. The SMILES string of the molecule is C=S(O)C[CH2+]. The molecule has 1 unspecified atom stereocenters. The Balaban J connectivity index is 2.85. The lowest BCUT2D eigenvalue weighted by Crippen LogP contribution is -1.64. The van der Waals surface area contributed by atoms with E-state index >= 15 is 0 Å². The normalized spacial score (nSPS) is 14.6. The van der Waals surface area contributed by atoms with E-state index in [1.807, 2.05) is 0 Å². The highest BCUT2D eigenvalue weighted by atomic mass is 32.2. The maximum Gasteiger partial charge on any atom is 0.147 e. The van der Waals surface area contributed by atoms with Gasteiger partial charge in [0.2, 0.25) is 0 Å². The van der Waals surface area contributed by atoms with E-state index in [2.05, 4.69) is 12.8 Å². The molecule has 2 heteroatoms. The fraction of sp³-hybridized carbons (Fsp3) is 0.333. The largest absolute Gasteiger partial charge is 0.334 e. The molecule has 0 rings (SSSR count). The minimum Gasteiger partial charge on any atom is -0.334 e. The number of hydrogen-bond acceptors (Lipinski definition) is 1. The molecular weight excluding hydrogens is 84.1 g/mol. The van der Waals surface area contributed by atoms with Crippen molar-refractivity contribution in [2.75, 3.05) is 5.75 Å². The van der Waals surface area contributed by atoms with E-state index in [4.69, 9.17) is 4.55 Å². The van der Waals surface area contributed by atoms with Crippen LogP contribution in [0.1, 0.15) is 0 Å². The Morgan fingerprint density at radius 1 is 2.00 bits per heavy atom. The second kappa shape index (κ2) is 2.30. The molecule has 0 spiro atoms. The van der Waals surface area contributed by atoms with Gasteiger partial charge in [0.1, 0.15) is 5.75 Å². The molecule has 1 nitrogen and oxygen atoms in total. The summed E-state index contributed by atoms with van der Waals surface area (Å²) in [4.78, 5) is 0. The van der Waals surface area contributed by atoms with Crippen LogP contribution < -0.4 is 0 Å². The third-order valence-corrected chi connectivity index (χ3v) is 0.707. The van der Waals surface area contributed by atoms with E-state index in [9.17, 15) is 0 Å². The highest BCUT2D eigenvalue weighted by molar-refractivity contribution is 8.09. The van der Waals surface area contributed by atoms with Crippen molar-refractivity contribution < 1.29 is 4.55 Å². The molecule has 0 aliphatic rings. The van der Waals surface area contributed by atoms with Gasteiger partial charge in [0, 0.05) is 0 Å². The quantitative estimate of drug-likeness (QED) is 0.377. The highest BCUT2D eigenvalue weighted by Gasteiger charge is 1.74. The Labute approximate surface area is 34.8 Å². The summed E-state index contributed by atoms with van der Waals surface area (Å²) in [6, 6.07) is 0. The molecule has 0 fully saturated rings. The molecule has 0 aromatic carbocycles. The Kier molecular flexibility index (Phi) is 2.32. The lowest BCUT2D eigenvalue weighted by molar-refractivity contribution is 0.663. The summed E-state index contributed by atoms with van der Waals surface area (Å²) >= 11 is 0. The Morgan fingerprint density at radius 2 is 2.20 bits per heavy atom. The van der Waals surface area contributed by atoms with Crippen LogP contribution in [0.3, 0.4) is 0 Å². The van der Waals surface area contributed by atoms with E-state index in [0.29, 0.717) is 5.75 Å². The minimum absolute atomic E-state index is 0.528. The summed E-state index contributed by atoms with van der Waals surface area (Å²) in [5, 5.41) is 0. The summed E-state index contributed by atoms with van der Waals surface area (Å²) in [7, 11) is -0.684. The number of hydrogen-bond donors (Lipinski definition) is 1. The van der Waals surface area contributed by atoms with Crippen molar-refractivity contribution in [1.82, 2.24) is 0 Å². The van der Waals surface area contributed by atoms with Crippen LogP contribution in [0.2, 0.25) is 0 Å². The van der Waals surface area contributed by atoms with Gasteiger partial charge in [0.05, 0.1) is 6.92 Å². The molecule has 30 valence electrons. The van der Waals surface area contributed by atoms with Crippen molar-refractivity contribution in [3.05, 3.63) is 6.92 Å². The standard InChI is InChI=1S/C3H7OS/c1-3-5(2)4/h4H,1-3H2/q+1. The van der Waals surface area contributed by atoms with Gasteiger partial charge in [-0.15, -0.1) is 0 Å². The van der Waals surface area contributed by atoms with Gasteiger partial charge in [-0.1, -0.05) is 0 Å². The topological polar surface area (TPSA) is 20.2 Å². The van der Waals surface area contributed by atoms with Crippen LogP contribution in [-0.4, -0.2) is 16.2 Å². The van der Waals surface area contributed by atoms with Crippen LogP contribution in [0, 0.1) is 6.92 Å². The van der Waals surface area contributed by atoms with Crippen LogP contribution in [-0.2, 0) is 0 Å². The summed E-state index contributed by atoms with van der Waals surface area (Å²) in [5.41, 5.74) is 0. The molecular formula is C3H7OS+. The molecule has 0 aromatic heterocycles. The van der Waals surface area contributed by atoms with Crippen molar-refractivity contribution in [3.8, 4) is 0 Å². The smallest absolute Gasteiger partial charge is 0.147 e. The first-order chi connectivity index (χ1) is 2.27. The number of rotatable bonds is 1. The van der Waals surface area contributed by atoms with Crippen LogP contribution in [0.4, 0.5) is 0 Å². The molecule has 0 amide bonds. The second-order valence-corrected chi connectivity index (χ2v) is 2.00. The molecule has 0 aromatic rings. The monoisotopic (exact) mass is 91.0 g/mol. The first-order valence-corrected chi connectivity index (χ1v) is 2.78. The molecule has 0 radical (unpaired) electrons. The third-order valence-electron chi connectivity index (χ3n) is 0.236. The molecule has 0 aliphatic heterocycles. The Morgan fingerprint density at radius 3 is 2.20 bits per heavy atom. The van der Waals surface area contributed by atoms with Crippen molar-refractivity contribution in [1.29, 1.82) is 0 Å². The minimum atomic E-state index is -0.684. The lowest BCUT2D eigenvalue weighted by atomic mass is 11.0. The van der Waals surface area contributed by atoms with Crippen LogP contribution in [0.15, 0.2) is 0 Å². The summed E-state index contributed by atoms with van der Waals surface area (Å²) in [5.74, 6) is 3.81. The van der Waals surface area contributed by atoms with Crippen molar-refractivity contribution >= 4 is 16.6 Å². The van der Waals surface area contributed by atoms with Crippen LogP contribution in [0.5, 0.6) is 0 Å². The molecule has 0 aliphatic carbocycles. The van der Waals surface area contributed by atoms with Gasteiger partial charge in [-0.2, -0.15) is 0 Å². The first kappa shape index (κ1) is 5.05. The zero-order valence-electron chi connectivity index (χ0n) is 2.98. The third kappa shape index (κ3) is 4.05. The van der Waals surface area contributed by atoms with E-state index < -0.39 is 10.8 Å². The summed E-state index contributed by atoms with van der Waals surface area (Å²) < 4.78 is 8.22. The lowest BCUT2D eigenvalue weighted by Gasteiger charge is -1.76.